The van der Waals surface area contributed by atoms with Gasteiger partial charge in [-0.2, -0.15) is 0 Å². The molecular weight excluding hydrogens is 124 g/mol. The van der Waals surface area contributed by atoms with Gasteiger partial charge in [0.15, 0.2) is 0 Å². The molecular formula is C9H10O. The van der Waals surface area contributed by atoms with Crippen molar-refractivity contribution >= 4 is 0 Å². The van der Waals surface area contributed by atoms with Gasteiger partial charge in [-0.1, -0.05) is 17.9 Å². The third kappa shape index (κ3) is 1.22. The van der Waals surface area contributed by atoms with Gasteiger partial charge in [0.2, 0.25) is 0 Å². The molecule has 0 radical (unpaired) electrons. The third-order valence-electron chi connectivity index (χ3n) is 1.76. The predicted molar refractivity (Wildman–Crippen MR) is 39.4 cm³/mol. The Kier molecular flexibility index (Phi) is 1.28. The summed E-state index contributed by atoms with van der Waals surface area (Å²) in [7, 11) is 0. The summed E-state index contributed by atoms with van der Waals surface area (Å²) in [5.74, 6) is 6.93. The summed E-state index contributed by atoms with van der Waals surface area (Å²) in [4.78, 5) is 0. The molecule has 2 rings (SSSR count). The number of ether oxygens (including phenoxy) is 1. The molecule has 10 heavy (non-hydrogen) atoms. The maximum Gasteiger partial charge on any atom is 0.148 e. The molecule has 1 saturated heterocycles. The third-order valence-corrected chi connectivity index (χ3v) is 1.76. The molecule has 2 unspecified atom stereocenters. The molecule has 1 aliphatic heterocycles. The van der Waals surface area contributed by atoms with E-state index in [1.54, 1.807) is 0 Å². The van der Waals surface area contributed by atoms with Gasteiger partial charge in [-0.3, -0.25) is 0 Å². The Morgan fingerprint density at radius 1 is 1.40 bits per heavy atom. The molecule has 1 heteroatoms. The second kappa shape index (κ2) is 2.14. The highest BCUT2D eigenvalue weighted by Crippen LogP contribution is 2.29. The maximum absolute atomic E-state index is 5.15. The van der Waals surface area contributed by atoms with E-state index in [-0.39, 0.29) is 12.2 Å². The summed E-state index contributed by atoms with van der Waals surface area (Å²) < 4.78 is 5.15. The summed E-state index contributed by atoms with van der Waals surface area (Å²) >= 11 is 0. The number of hydrogen-bond donors (Lipinski definition) is 0. The number of epoxide rings is 1. The van der Waals surface area contributed by atoms with Gasteiger partial charge in [0.25, 0.3) is 0 Å². The first kappa shape index (κ1) is 6.00. The standard InChI is InChI=1S/C9H10O/c1-2-8-9(10-8)6-5-7-3-4-7/h2,7-9H,1,3-4H2. The second-order valence-corrected chi connectivity index (χ2v) is 2.82. The second-order valence-electron chi connectivity index (χ2n) is 2.82. The molecule has 1 nitrogen and oxygen atoms in total. The molecule has 2 atom stereocenters. The predicted octanol–water partition coefficient (Wildman–Crippen LogP) is 1.35. The lowest BCUT2D eigenvalue weighted by atomic mass is 10.3. The molecule has 0 aromatic heterocycles. The summed E-state index contributed by atoms with van der Waals surface area (Å²) in [5.41, 5.74) is 0. The maximum atomic E-state index is 5.15. The van der Waals surface area contributed by atoms with Gasteiger partial charge in [-0.25, -0.2) is 0 Å². The van der Waals surface area contributed by atoms with Crippen LogP contribution < -0.4 is 0 Å². The Labute approximate surface area is 61.1 Å². The molecule has 1 aliphatic carbocycles. The Balaban J connectivity index is 1.82. The average Bonchev–Trinajstić information content (AvgIpc) is 2.82. The Hall–Kier alpha value is -0.740. The SMILES string of the molecule is C=CC1OC1C#CC1CC1. The van der Waals surface area contributed by atoms with Crippen LogP contribution in [0, 0.1) is 17.8 Å². The van der Waals surface area contributed by atoms with Gasteiger partial charge < -0.3 is 4.74 Å². The molecule has 0 bridgehead atoms. The molecule has 2 fully saturated rings. The van der Waals surface area contributed by atoms with Crippen molar-refractivity contribution in [1.82, 2.24) is 0 Å². The van der Waals surface area contributed by atoms with Crippen LogP contribution in [-0.4, -0.2) is 12.2 Å². The van der Waals surface area contributed by atoms with E-state index in [2.05, 4.69) is 18.4 Å². The van der Waals surface area contributed by atoms with E-state index in [1.807, 2.05) is 6.08 Å². The molecule has 0 amide bonds. The van der Waals surface area contributed by atoms with Crippen LogP contribution in [0.25, 0.3) is 0 Å². The van der Waals surface area contributed by atoms with Crippen molar-refractivity contribution < 1.29 is 4.74 Å². The van der Waals surface area contributed by atoms with E-state index in [9.17, 15) is 0 Å². The van der Waals surface area contributed by atoms with Crippen molar-refractivity contribution in [2.75, 3.05) is 0 Å². The van der Waals surface area contributed by atoms with Crippen LogP contribution in [0.15, 0.2) is 12.7 Å². The zero-order valence-electron chi connectivity index (χ0n) is 5.84. The van der Waals surface area contributed by atoms with Crippen LogP contribution in [0.3, 0.4) is 0 Å². The molecule has 0 aromatic carbocycles. The van der Waals surface area contributed by atoms with E-state index in [1.165, 1.54) is 12.8 Å². The quantitative estimate of drug-likeness (QED) is 0.299. The lowest BCUT2D eigenvalue weighted by Crippen LogP contribution is -1.83. The summed E-state index contributed by atoms with van der Waals surface area (Å²) in [5, 5.41) is 0. The van der Waals surface area contributed by atoms with Crippen LogP contribution >= 0.6 is 0 Å². The number of rotatable bonds is 1. The highest BCUT2D eigenvalue weighted by Gasteiger charge is 2.34. The van der Waals surface area contributed by atoms with Crippen molar-refractivity contribution in [2.24, 2.45) is 5.92 Å². The minimum atomic E-state index is 0.179. The first-order valence-corrected chi connectivity index (χ1v) is 3.69. The van der Waals surface area contributed by atoms with Gasteiger partial charge >= 0.3 is 0 Å². The zero-order valence-corrected chi connectivity index (χ0v) is 5.84. The average molecular weight is 134 g/mol. The molecule has 52 valence electrons. The summed E-state index contributed by atoms with van der Waals surface area (Å²) in [6.07, 6.45) is 4.80. The van der Waals surface area contributed by atoms with Crippen LogP contribution in [0.2, 0.25) is 0 Å². The first-order valence-electron chi connectivity index (χ1n) is 3.69. The monoisotopic (exact) mass is 134 g/mol. The van der Waals surface area contributed by atoms with Gasteiger partial charge in [0, 0.05) is 5.92 Å². The van der Waals surface area contributed by atoms with Crippen molar-refractivity contribution in [1.29, 1.82) is 0 Å². The van der Waals surface area contributed by atoms with Gasteiger partial charge in [0.05, 0.1) is 0 Å². The van der Waals surface area contributed by atoms with Gasteiger partial charge in [-0.05, 0) is 12.8 Å². The molecule has 2 aliphatic rings. The normalized spacial score (nSPS) is 36.0. The largest absolute Gasteiger partial charge is 0.351 e. The molecule has 0 aromatic rings. The van der Waals surface area contributed by atoms with Crippen molar-refractivity contribution in [3.8, 4) is 11.8 Å². The minimum absolute atomic E-state index is 0.179. The molecule has 1 heterocycles. The lowest BCUT2D eigenvalue weighted by Gasteiger charge is -1.71. The Morgan fingerprint density at radius 2 is 2.20 bits per heavy atom. The van der Waals surface area contributed by atoms with E-state index in [0.29, 0.717) is 5.92 Å². The van der Waals surface area contributed by atoms with Crippen LogP contribution in [-0.2, 0) is 4.74 Å². The molecule has 0 N–H and O–H groups in total. The summed E-state index contributed by atoms with van der Waals surface area (Å²) in [6, 6.07) is 0. The lowest BCUT2D eigenvalue weighted by molar-refractivity contribution is 0.417. The zero-order chi connectivity index (χ0) is 6.97. The van der Waals surface area contributed by atoms with Gasteiger partial charge in [-0.15, -0.1) is 6.58 Å². The smallest absolute Gasteiger partial charge is 0.148 e. The Bertz CT molecular complexity index is 205. The van der Waals surface area contributed by atoms with Crippen LogP contribution in [0.1, 0.15) is 12.8 Å². The van der Waals surface area contributed by atoms with E-state index in [0.717, 1.165) is 0 Å². The molecule has 0 spiro atoms. The van der Waals surface area contributed by atoms with Gasteiger partial charge in [0.1, 0.15) is 12.2 Å². The fraction of sp³-hybridized carbons (Fsp3) is 0.556. The van der Waals surface area contributed by atoms with Crippen LogP contribution in [0.5, 0.6) is 0 Å². The Morgan fingerprint density at radius 3 is 2.70 bits per heavy atom. The summed E-state index contributed by atoms with van der Waals surface area (Å²) in [6.45, 7) is 3.62. The molecule has 1 saturated carbocycles. The highest BCUT2D eigenvalue weighted by molar-refractivity contribution is 5.21. The highest BCUT2D eigenvalue weighted by atomic mass is 16.6. The fourth-order valence-electron chi connectivity index (χ4n) is 0.847. The van der Waals surface area contributed by atoms with E-state index in [4.69, 9.17) is 4.74 Å². The first-order chi connectivity index (χ1) is 4.90. The number of hydrogen-bond acceptors (Lipinski definition) is 1. The van der Waals surface area contributed by atoms with Crippen LogP contribution in [0.4, 0.5) is 0 Å². The van der Waals surface area contributed by atoms with Crippen molar-refractivity contribution in [3.63, 3.8) is 0 Å². The topological polar surface area (TPSA) is 12.5 Å². The van der Waals surface area contributed by atoms with Crippen molar-refractivity contribution in [2.45, 2.75) is 25.0 Å². The van der Waals surface area contributed by atoms with E-state index >= 15 is 0 Å². The van der Waals surface area contributed by atoms with Crippen molar-refractivity contribution in [3.05, 3.63) is 12.7 Å². The van der Waals surface area contributed by atoms with E-state index < -0.39 is 0 Å². The fourth-order valence-corrected chi connectivity index (χ4v) is 0.847. The minimum Gasteiger partial charge on any atom is -0.351 e.